The minimum atomic E-state index is -3.71. The summed E-state index contributed by atoms with van der Waals surface area (Å²) < 4.78 is 55.6. The summed E-state index contributed by atoms with van der Waals surface area (Å²) in [5.74, 6) is -1.38. The first kappa shape index (κ1) is 23.7. The standard InChI is InChI=1S/C20H28N2O7S2/c1-21(17-9-12-30(25,26)15-17)19(23)14-29-20(24)16-7-6-8-18(13-16)31(27,28)22-10-4-2-3-5-11-22/h6-8,13,17H,2-5,9-12,14-15H2,1H3/t17-/m0/s1. The van der Waals surface area contributed by atoms with Crippen LogP contribution in [0.1, 0.15) is 42.5 Å². The molecule has 1 amide bonds. The fourth-order valence-corrected chi connectivity index (χ4v) is 7.15. The second kappa shape index (κ2) is 9.66. The Morgan fingerprint density at radius 2 is 1.84 bits per heavy atom. The van der Waals surface area contributed by atoms with Gasteiger partial charge in [-0.3, -0.25) is 4.79 Å². The molecule has 0 N–H and O–H groups in total. The lowest BCUT2D eigenvalue weighted by molar-refractivity contribution is -0.134. The maximum absolute atomic E-state index is 12.9. The van der Waals surface area contributed by atoms with Crippen LogP contribution in [0.15, 0.2) is 29.2 Å². The molecule has 0 aromatic heterocycles. The molecule has 31 heavy (non-hydrogen) atoms. The molecule has 2 aliphatic rings. The van der Waals surface area contributed by atoms with Crippen LogP contribution in [-0.2, 0) is 29.4 Å². The van der Waals surface area contributed by atoms with Gasteiger partial charge in [-0.05, 0) is 37.5 Å². The maximum atomic E-state index is 12.9. The summed E-state index contributed by atoms with van der Waals surface area (Å²) in [6, 6.07) is 5.18. The van der Waals surface area contributed by atoms with Gasteiger partial charge in [-0.25, -0.2) is 21.6 Å². The van der Waals surface area contributed by atoms with E-state index in [1.807, 2.05) is 0 Å². The molecule has 11 heteroatoms. The number of rotatable bonds is 6. The van der Waals surface area contributed by atoms with Crippen molar-refractivity contribution in [1.82, 2.24) is 9.21 Å². The van der Waals surface area contributed by atoms with Gasteiger partial charge in [0.05, 0.1) is 22.0 Å². The molecule has 172 valence electrons. The van der Waals surface area contributed by atoms with Crippen molar-refractivity contribution in [3.05, 3.63) is 29.8 Å². The Hall–Kier alpha value is -1.98. The third-order valence-corrected chi connectivity index (χ3v) is 9.39. The number of ether oxygens (including phenoxy) is 1. The number of sulfonamides is 1. The fourth-order valence-electron chi connectivity index (χ4n) is 3.81. The van der Waals surface area contributed by atoms with Crippen molar-refractivity contribution in [2.75, 3.05) is 38.2 Å². The van der Waals surface area contributed by atoms with Gasteiger partial charge in [-0.1, -0.05) is 18.9 Å². The summed E-state index contributed by atoms with van der Waals surface area (Å²) >= 11 is 0. The maximum Gasteiger partial charge on any atom is 0.338 e. The first-order chi connectivity index (χ1) is 14.6. The van der Waals surface area contributed by atoms with E-state index in [0.717, 1.165) is 25.7 Å². The highest BCUT2D eigenvalue weighted by Crippen LogP contribution is 2.21. The van der Waals surface area contributed by atoms with E-state index in [0.29, 0.717) is 19.5 Å². The highest BCUT2D eigenvalue weighted by atomic mass is 32.2. The predicted molar refractivity (Wildman–Crippen MR) is 114 cm³/mol. The number of esters is 1. The molecule has 0 spiro atoms. The normalized spacial score (nSPS) is 21.9. The van der Waals surface area contributed by atoms with Gasteiger partial charge in [-0.15, -0.1) is 0 Å². The first-order valence-corrected chi connectivity index (χ1v) is 13.6. The monoisotopic (exact) mass is 472 g/mol. The lowest BCUT2D eigenvalue weighted by Gasteiger charge is -2.23. The number of sulfone groups is 1. The van der Waals surface area contributed by atoms with Crippen LogP contribution in [0.25, 0.3) is 0 Å². The molecule has 0 bridgehead atoms. The average Bonchev–Trinajstić information content (AvgIpc) is 2.94. The molecule has 1 aromatic rings. The van der Waals surface area contributed by atoms with Gasteiger partial charge in [0.1, 0.15) is 0 Å². The summed E-state index contributed by atoms with van der Waals surface area (Å²) in [6.45, 7) is 0.360. The second-order valence-corrected chi connectivity index (χ2v) is 12.2. The van der Waals surface area contributed by atoms with Crippen LogP contribution in [0.5, 0.6) is 0 Å². The van der Waals surface area contributed by atoms with Gasteiger partial charge in [-0.2, -0.15) is 4.31 Å². The minimum Gasteiger partial charge on any atom is -0.452 e. The molecule has 0 unspecified atom stereocenters. The Balaban J connectivity index is 1.63. The molecular weight excluding hydrogens is 444 g/mol. The van der Waals surface area contributed by atoms with Crippen LogP contribution in [0.4, 0.5) is 0 Å². The number of carbonyl (C=O) groups excluding carboxylic acids is 2. The van der Waals surface area contributed by atoms with E-state index in [4.69, 9.17) is 4.74 Å². The van der Waals surface area contributed by atoms with E-state index < -0.39 is 44.4 Å². The number of hydrogen-bond acceptors (Lipinski definition) is 7. The lowest BCUT2D eigenvalue weighted by Crippen LogP contribution is -2.40. The number of likely N-dealkylation sites (N-methyl/N-ethyl adjacent to an activating group) is 1. The molecule has 9 nitrogen and oxygen atoms in total. The van der Waals surface area contributed by atoms with Crippen molar-refractivity contribution in [3.63, 3.8) is 0 Å². The molecule has 0 radical (unpaired) electrons. The SMILES string of the molecule is CN(C(=O)COC(=O)c1cccc(S(=O)(=O)N2CCCCCC2)c1)[C@H]1CCS(=O)(=O)C1. The molecule has 2 saturated heterocycles. The van der Waals surface area contributed by atoms with E-state index in [-0.39, 0.29) is 22.0 Å². The number of benzene rings is 1. The smallest absolute Gasteiger partial charge is 0.338 e. The van der Waals surface area contributed by atoms with Crippen molar-refractivity contribution in [2.45, 2.75) is 43.0 Å². The second-order valence-electron chi connectivity index (χ2n) is 7.98. The predicted octanol–water partition coefficient (Wildman–Crippen LogP) is 1.05. The summed E-state index contributed by atoms with van der Waals surface area (Å²) in [4.78, 5) is 26.0. The van der Waals surface area contributed by atoms with E-state index in [1.54, 1.807) is 0 Å². The molecule has 0 saturated carbocycles. The van der Waals surface area contributed by atoms with Gasteiger partial charge in [0.25, 0.3) is 5.91 Å². The summed E-state index contributed by atoms with van der Waals surface area (Å²) in [7, 11) is -5.37. The van der Waals surface area contributed by atoms with E-state index in [9.17, 15) is 26.4 Å². The topological polar surface area (TPSA) is 118 Å². The Labute approximate surface area is 183 Å². The van der Waals surface area contributed by atoms with Crippen LogP contribution < -0.4 is 0 Å². The van der Waals surface area contributed by atoms with Crippen molar-refractivity contribution >= 4 is 31.7 Å². The summed E-state index contributed by atoms with van der Waals surface area (Å²) in [5.41, 5.74) is 0.0368. The minimum absolute atomic E-state index is 0.0171. The van der Waals surface area contributed by atoms with Crippen LogP contribution >= 0.6 is 0 Å². The van der Waals surface area contributed by atoms with E-state index in [2.05, 4.69) is 0 Å². The Morgan fingerprint density at radius 1 is 1.16 bits per heavy atom. The van der Waals surface area contributed by atoms with Gasteiger partial charge in [0.2, 0.25) is 10.0 Å². The molecular formula is C20H28N2O7S2. The number of amides is 1. The Morgan fingerprint density at radius 3 is 2.45 bits per heavy atom. The fraction of sp³-hybridized carbons (Fsp3) is 0.600. The van der Waals surface area contributed by atoms with E-state index >= 15 is 0 Å². The van der Waals surface area contributed by atoms with Crippen molar-refractivity contribution < 1.29 is 31.2 Å². The average molecular weight is 473 g/mol. The van der Waals surface area contributed by atoms with Crippen LogP contribution in [0.2, 0.25) is 0 Å². The molecule has 2 heterocycles. The third kappa shape index (κ3) is 5.83. The number of hydrogen-bond donors (Lipinski definition) is 0. The van der Waals surface area contributed by atoms with Crippen LogP contribution in [0.3, 0.4) is 0 Å². The van der Waals surface area contributed by atoms with Crippen molar-refractivity contribution in [2.24, 2.45) is 0 Å². The highest BCUT2D eigenvalue weighted by molar-refractivity contribution is 7.91. The van der Waals surface area contributed by atoms with Gasteiger partial charge in [0.15, 0.2) is 16.4 Å². The van der Waals surface area contributed by atoms with Crippen molar-refractivity contribution in [3.8, 4) is 0 Å². The van der Waals surface area contributed by atoms with E-state index in [1.165, 1.54) is 40.5 Å². The van der Waals surface area contributed by atoms with Crippen LogP contribution in [0, 0.1) is 0 Å². The number of nitrogens with zero attached hydrogens (tertiary/aromatic N) is 2. The molecule has 3 rings (SSSR count). The summed E-state index contributed by atoms with van der Waals surface area (Å²) in [6.07, 6.45) is 3.95. The zero-order valence-electron chi connectivity index (χ0n) is 17.5. The zero-order valence-corrected chi connectivity index (χ0v) is 19.2. The Kier molecular flexibility index (Phi) is 7.38. The molecule has 1 atom stereocenters. The number of carbonyl (C=O) groups is 2. The molecule has 2 aliphatic heterocycles. The molecule has 2 fully saturated rings. The van der Waals surface area contributed by atoms with Gasteiger partial charge < -0.3 is 9.64 Å². The Bertz CT molecular complexity index is 1030. The quantitative estimate of drug-likeness (QED) is 0.568. The summed E-state index contributed by atoms with van der Waals surface area (Å²) in [5, 5.41) is 0. The zero-order chi connectivity index (χ0) is 22.6. The molecule has 1 aromatic carbocycles. The third-order valence-electron chi connectivity index (χ3n) is 5.75. The largest absolute Gasteiger partial charge is 0.452 e. The molecule has 0 aliphatic carbocycles. The van der Waals surface area contributed by atoms with Gasteiger partial charge in [0, 0.05) is 26.2 Å². The first-order valence-electron chi connectivity index (χ1n) is 10.3. The van der Waals surface area contributed by atoms with Crippen LogP contribution in [-0.4, -0.2) is 82.2 Å². The highest BCUT2D eigenvalue weighted by Gasteiger charge is 2.33. The lowest BCUT2D eigenvalue weighted by atomic mass is 10.2. The van der Waals surface area contributed by atoms with Crippen molar-refractivity contribution in [1.29, 1.82) is 0 Å². The van der Waals surface area contributed by atoms with Gasteiger partial charge >= 0.3 is 5.97 Å².